The minimum Gasteiger partial charge on any atom is -0.324 e. The highest BCUT2D eigenvalue weighted by atomic mass is 32.2. The highest BCUT2D eigenvalue weighted by Crippen LogP contribution is 2.39. The van der Waals surface area contributed by atoms with Crippen LogP contribution in [0.5, 0.6) is 0 Å². The van der Waals surface area contributed by atoms with Crippen LogP contribution in [-0.2, 0) is 10.0 Å². The average molecular weight is 362 g/mol. The fourth-order valence-electron chi connectivity index (χ4n) is 3.76. The van der Waals surface area contributed by atoms with Crippen LogP contribution in [0, 0.1) is 16.7 Å². The van der Waals surface area contributed by atoms with Crippen molar-refractivity contribution in [2.45, 2.75) is 19.3 Å². The summed E-state index contributed by atoms with van der Waals surface area (Å²) >= 11 is 0. The lowest BCUT2D eigenvalue weighted by Crippen LogP contribution is -2.47. The van der Waals surface area contributed by atoms with Crippen LogP contribution in [0.25, 0.3) is 0 Å². The predicted molar refractivity (Wildman–Crippen MR) is 94.4 cm³/mol. The molecule has 134 valence electrons. The molecule has 0 unspecified atom stereocenters. The van der Waals surface area contributed by atoms with Crippen LogP contribution in [0.2, 0.25) is 0 Å². The van der Waals surface area contributed by atoms with Gasteiger partial charge in [-0.15, -0.1) is 0 Å². The van der Waals surface area contributed by atoms with E-state index in [9.17, 15) is 13.2 Å². The molecule has 2 aliphatic rings. The quantitative estimate of drug-likeness (QED) is 0.869. The van der Waals surface area contributed by atoms with Crippen molar-refractivity contribution in [3.63, 3.8) is 0 Å². The average Bonchev–Trinajstić information content (AvgIpc) is 2.98. The Balaban J connectivity index is 1.66. The van der Waals surface area contributed by atoms with E-state index in [2.05, 4.69) is 5.32 Å². The first kappa shape index (κ1) is 17.7. The number of likely N-dealkylation sites (tertiary alicyclic amines) is 1. The van der Waals surface area contributed by atoms with Gasteiger partial charge < -0.3 is 10.2 Å². The Labute approximate surface area is 148 Å². The number of carbonyl (C=O) groups is 1. The highest BCUT2D eigenvalue weighted by molar-refractivity contribution is 7.88. The summed E-state index contributed by atoms with van der Waals surface area (Å²) in [6, 6.07) is 8.63. The number of rotatable bonds is 2. The van der Waals surface area contributed by atoms with Crippen LogP contribution in [0.15, 0.2) is 24.3 Å². The maximum absolute atomic E-state index is 12.5. The van der Waals surface area contributed by atoms with Crippen molar-refractivity contribution in [1.82, 2.24) is 9.21 Å². The molecule has 1 aromatic rings. The molecular formula is C17H22N4O3S. The van der Waals surface area contributed by atoms with E-state index >= 15 is 0 Å². The minimum atomic E-state index is -3.20. The maximum Gasteiger partial charge on any atom is 0.321 e. The van der Waals surface area contributed by atoms with E-state index in [1.807, 2.05) is 6.07 Å². The van der Waals surface area contributed by atoms with E-state index in [0.29, 0.717) is 37.4 Å². The zero-order valence-corrected chi connectivity index (χ0v) is 15.1. The Morgan fingerprint density at radius 2 is 2.08 bits per heavy atom. The minimum absolute atomic E-state index is 0.146. The van der Waals surface area contributed by atoms with Gasteiger partial charge >= 0.3 is 6.03 Å². The van der Waals surface area contributed by atoms with Crippen molar-refractivity contribution in [1.29, 1.82) is 5.26 Å². The third kappa shape index (κ3) is 3.94. The Hall–Kier alpha value is -2.11. The van der Waals surface area contributed by atoms with Gasteiger partial charge in [0.1, 0.15) is 0 Å². The molecule has 7 nitrogen and oxygen atoms in total. The normalized spacial score (nSPS) is 24.2. The summed E-state index contributed by atoms with van der Waals surface area (Å²) in [6.45, 7) is 2.22. The van der Waals surface area contributed by atoms with Crippen LogP contribution in [-0.4, -0.2) is 56.1 Å². The van der Waals surface area contributed by atoms with Crippen LogP contribution in [0.3, 0.4) is 0 Å². The Bertz CT molecular complexity index is 817. The molecule has 2 fully saturated rings. The number of amides is 2. The first-order valence-electron chi connectivity index (χ1n) is 8.33. The van der Waals surface area contributed by atoms with Crippen LogP contribution in [0.4, 0.5) is 10.5 Å². The van der Waals surface area contributed by atoms with Crippen LogP contribution < -0.4 is 5.32 Å². The molecule has 0 saturated carbocycles. The third-order valence-corrected chi connectivity index (χ3v) is 6.31. The lowest BCUT2D eigenvalue weighted by Gasteiger charge is -2.39. The topological polar surface area (TPSA) is 93.5 Å². The van der Waals surface area contributed by atoms with Gasteiger partial charge in [0.05, 0.1) is 17.9 Å². The van der Waals surface area contributed by atoms with Crippen molar-refractivity contribution in [3.05, 3.63) is 29.8 Å². The monoisotopic (exact) mass is 362 g/mol. The number of anilines is 1. The third-order valence-electron chi connectivity index (χ3n) is 5.06. The van der Waals surface area contributed by atoms with Gasteiger partial charge in [0.25, 0.3) is 0 Å². The number of hydrogen-bond donors (Lipinski definition) is 1. The summed E-state index contributed by atoms with van der Waals surface area (Å²) in [5.74, 6) is 0. The molecular weight excluding hydrogens is 340 g/mol. The summed E-state index contributed by atoms with van der Waals surface area (Å²) in [5, 5.41) is 11.8. The molecule has 3 rings (SSSR count). The van der Waals surface area contributed by atoms with Crippen molar-refractivity contribution in [2.75, 3.05) is 37.8 Å². The van der Waals surface area contributed by atoms with Gasteiger partial charge in [0, 0.05) is 37.3 Å². The molecule has 2 amide bonds. The van der Waals surface area contributed by atoms with E-state index < -0.39 is 10.0 Å². The molecule has 2 heterocycles. The van der Waals surface area contributed by atoms with Gasteiger partial charge in [-0.3, -0.25) is 0 Å². The number of nitrogens with one attached hydrogen (secondary N) is 1. The summed E-state index contributed by atoms with van der Waals surface area (Å²) in [7, 11) is -3.20. The molecule has 2 aliphatic heterocycles. The maximum atomic E-state index is 12.5. The molecule has 8 heteroatoms. The van der Waals surface area contributed by atoms with Crippen molar-refractivity contribution >= 4 is 21.7 Å². The molecule has 1 spiro atoms. The first-order chi connectivity index (χ1) is 11.8. The number of piperidine rings is 1. The van der Waals surface area contributed by atoms with E-state index in [4.69, 9.17) is 5.26 Å². The van der Waals surface area contributed by atoms with Gasteiger partial charge in [-0.25, -0.2) is 17.5 Å². The number of sulfonamides is 1. The molecule has 1 N–H and O–H groups in total. The molecule has 0 aliphatic carbocycles. The molecule has 1 aromatic carbocycles. The van der Waals surface area contributed by atoms with Crippen molar-refractivity contribution in [2.24, 2.45) is 5.41 Å². The Morgan fingerprint density at radius 3 is 2.80 bits per heavy atom. The second-order valence-corrected chi connectivity index (χ2v) is 8.98. The van der Waals surface area contributed by atoms with E-state index in [1.165, 1.54) is 10.6 Å². The van der Waals surface area contributed by atoms with Gasteiger partial charge in [0.15, 0.2) is 0 Å². The van der Waals surface area contributed by atoms with Crippen molar-refractivity contribution in [3.8, 4) is 6.07 Å². The van der Waals surface area contributed by atoms with Crippen LogP contribution >= 0.6 is 0 Å². The van der Waals surface area contributed by atoms with Gasteiger partial charge in [-0.05, 0) is 37.5 Å². The highest BCUT2D eigenvalue weighted by Gasteiger charge is 2.44. The predicted octanol–water partition coefficient (Wildman–Crippen LogP) is 1.84. The fraction of sp³-hybridized carbons (Fsp3) is 0.529. The first-order valence-corrected chi connectivity index (χ1v) is 10.2. The molecule has 0 radical (unpaired) electrons. The number of carbonyl (C=O) groups excluding carboxylic acids is 1. The molecule has 0 aromatic heterocycles. The van der Waals surface area contributed by atoms with Gasteiger partial charge in [-0.2, -0.15) is 5.26 Å². The summed E-state index contributed by atoms with van der Waals surface area (Å²) in [4.78, 5) is 14.3. The van der Waals surface area contributed by atoms with E-state index in [1.54, 1.807) is 29.2 Å². The fourth-order valence-corrected chi connectivity index (χ4v) is 4.73. The molecule has 2 saturated heterocycles. The summed E-state index contributed by atoms with van der Waals surface area (Å²) < 4.78 is 25.2. The number of urea groups is 1. The van der Waals surface area contributed by atoms with E-state index in [0.717, 1.165) is 19.3 Å². The summed E-state index contributed by atoms with van der Waals surface area (Å²) in [5.41, 5.74) is 0.936. The Morgan fingerprint density at radius 1 is 1.28 bits per heavy atom. The van der Waals surface area contributed by atoms with Gasteiger partial charge in [-0.1, -0.05) is 6.07 Å². The Kier molecular flexibility index (Phi) is 4.71. The largest absolute Gasteiger partial charge is 0.324 e. The molecule has 0 bridgehead atoms. The van der Waals surface area contributed by atoms with E-state index in [-0.39, 0.29) is 11.4 Å². The lowest BCUT2D eigenvalue weighted by molar-refractivity contribution is 0.152. The lowest BCUT2D eigenvalue weighted by atomic mass is 9.80. The number of nitriles is 1. The second kappa shape index (κ2) is 6.65. The standard InChI is InChI=1S/C17H22N4O3S/c1-25(23,24)21-8-3-6-17(13-21)7-9-20(12-17)16(22)19-15-5-2-4-14(10-15)11-18/h2,4-5,10H,3,6-9,12-13H2,1H3,(H,19,22)/t17-/m0/s1. The zero-order valence-electron chi connectivity index (χ0n) is 14.2. The molecule has 25 heavy (non-hydrogen) atoms. The van der Waals surface area contributed by atoms with Crippen LogP contribution in [0.1, 0.15) is 24.8 Å². The SMILES string of the molecule is CS(=O)(=O)N1CCC[C@@]2(CCN(C(=O)Nc3cccc(C#N)c3)C2)C1. The second-order valence-electron chi connectivity index (χ2n) is 6.99. The number of nitrogens with zero attached hydrogens (tertiary/aromatic N) is 3. The molecule has 1 atom stereocenters. The summed E-state index contributed by atoms with van der Waals surface area (Å²) in [6.07, 6.45) is 3.82. The number of benzene rings is 1. The number of hydrogen-bond acceptors (Lipinski definition) is 4. The van der Waals surface area contributed by atoms with Crippen molar-refractivity contribution < 1.29 is 13.2 Å². The zero-order chi connectivity index (χ0) is 18.1. The van der Waals surface area contributed by atoms with Gasteiger partial charge in [0.2, 0.25) is 10.0 Å². The smallest absolute Gasteiger partial charge is 0.321 e.